The van der Waals surface area contributed by atoms with Gasteiger partial charge in [0.15, 0.2) is 0 Å². The number of nitrogens with one attached hydrogen (secondary N) is 1. The predicted octanol–water partition coefficient (Wildman–Crippen LogP) is 3.28. The van der Waals surface area contributed by atoms with Crippen molar-refractivity contribution in [1.82, 2.24) is 4.37 Å². The van der Waals surface area contributed by atoms with E-state index in [9.17, 15) is 0 Å². The highest BCUT2D eigenvalue weighted by Gasteiger charge is 2.03. The van der Waals surface area contributed by atoms with E-state index in [0.717, 1.165) is 22.6 Å². The molecule has 0 bridgehead atoms. The minimum atomic E-state index is 0.812. The molecular weight excluding hydrogens is 192 g/mol. The summed E-state index contributed by atoms with van der Waals surface area (Å²) in [7, 11) is 0. The van der Waals surface area contributed by atoms with Crippen LogP contribution < -0.4 is 5.32 Å². The van der Waals surface area contributed by atoms with E-state index in [1.165, 1.54) is 16.9 Å². The van der Waals surface area contributed by atoms with Gasteiger partial charge in [-0.2, -0.15) is 4.37 Å². The van der Waals surface area contributed by atoms with Gasteiger partial charge in [0.2, 0.25) is 0 Å². The van der Waals surface area contributed by atoms with E-state index >= 15 is 0 Å². The molecule has 0 aliphatic carbocycles. The van der Waals surface area contributed by atoms with Crippen LogP contribution in [0.4, 0.5) is 5.00 Å². The first-order valence-electron chi connectivity index (χ1n) is 4.50. The van der Waals surface area contributed by atoms with Crippen LogP contribution in [0.1, 0.15) is 6.92 Å². The second kappa shape index (κ2) is 3.80. The number of nitrogens with zero attached hydrogens (tertiary/aromatic N) is 1. The maximum absolute atomic E-state index is 4.35. The molecule has 0 saturated heterocycles. The lowest BCUT2D eigenvalue weighted by atomic mass is 10.2. The number of aromatic nitrogens is 1. The lowest BCUT2D eigenvalue weighted by Crippen LogP contribution is -1.99. The van der Waals surface area contributed by atoms with Gasteiger partial charge in [-0.3, -0.25) is 0 Å². The zero-order valence-electron chi connectivity index (χ0n) is 8.08. The van der Waals surface area contributed by atoms with Crippen LogP contribution in [0, 0.1) is 0 Å². The number of fused-ring (bicyclic) bond motifs is 1. The first-order chi connectivity index (χ1) is 6.77. The van der Waals surface area contributed by atoms with Gasteiger partial charge in [0, 0.05) is 11.9 Å². The van der Waals surface area contributed by atoms with Crippen LogP contribution in [0.15, 0.2) is 36.4 Å². The van der Waals surface area contributed by atoms with Crippen LogP contribution in [0.25, 0.3) is 10.9 Å². The van der Waals surface area contributed by atoms with Gasteiger partial charge in [-0.05, 0) is 30.6 Å². The fraction of sp³-hybridized carbons (Fsp3) is 0.182. The number of rotatable bonds is 3. The topological polar surface area (TPSA) is 24.9 Å². The molecule has 0 atom stereocenters. The first-order valence-corrected chi connectivity index (χ1v) is 5.27. The highest BCUT2D eigenvalue weighted by molar-refractivity contribution is 7.11. The molecule has 1 aromatic carbocycles. The average Bonchev–Trinajstić information content (AvgIpc) is 2.58. The standard InChI is InChI=1S/C11H12N2S/c1-8(2)7-12-11-9-5-3-4-6-10(9)13-14-11/h3-6,12H,1,7H2,2H3. The normalized spacial score (nSPS) is 10.4. The molecule has 0 unspecified atom stereocenters. The smallest absolute Gasteiger partial charge is 0.117 e. The van der Waals surface area contributed by atoms with Gasteiger partial charge in [-0.15, -0.1) is 0 Å². The first kappa shape index (κ1) is 9.21. The van der Waals surface area contributed by atoms with Crippen LogP contribution in [-0.2, 0) is 0 Å². The molecule has 0 spiro atoms. The summed E-state index contributed by atoms with van der Waals surface area (Å²) >= 11 is 1.50. The van der Waals surface area contributed by atoms with Crippen molar-refractivity contribution in [2.24, 2.45) is 0 Å². The van der Waals surface area contributed by atoms with E-state index in [1.54, 1.807) is 0 Å². The van der Waals surface area contributed by atoms with Gasteiger partial charge in [0.05, 0.1) is 5.52 Å². The molecule has 0 radical (unpaired) electrons. The molecule has 0 aliphatic rings. The summed E-state index contributed by atoms with van der Waals surface area (Å²) in [6.07, 6.45) is 0. The Morgan fingerprint density at radius 1 is 1.50 bits per heavy atom. The second-order valence-corrected chi connectivity index (χ2v) is 4.11. The van der Waals surface area contributed by atoms with E-state index in [-0.39, 0.29) is 0 Å². The van der Waals surface area contributed by atoms with E-state index in [2.05, 4.69) is 22.3 Å². The van der Waals surface area contributed by atoms with E-state index in [4.69, 9.17) is 0 Å². The van der Waals surface area contributed by atoms with Crippen molar-refractivity contribution in [1.29, 1.82) is 0 Å². The van der Waals surface area contributed by atoms with Crippen LogP contribution in [0.5, 0.6) is 0 Å². The Balaban J connectivity index is 2.29. The summed E-state index contributed by atoms with van der Waals surface area (Å²) in [5.74, 6) is 0. The average molecular weight is 204 g/mol. The summed E-state index contributed by atoms with van der Waals surface area (Å²) in [6, 6.07) is 8.14. The molecule has 3 heteroatoms. The van der Waals surface area contributed by atoms with Crippen molar-refractivity contribution in [3.8, 4) is 0 Å². The van der Waals surface area contributed by atoms with Crippen molar-refractivity contribution in [2.75, 3.05) is 11.9 Å². The van der Waals surface area contributed by atoms with Gasteiger partial charge in [-0.1, -0.05) is 24.3 Å². The summed E-state index contributed by atoms with van der Waals surface area (Å²) in [6.45, 7) is 6.68. The Labute approximate surface area is 87.4 Å². The third-order valence-corrected chi connectivity index (χ3v) is 2.77. The minimum absolute atomic E-state index is 0.812. The largest absolute Gasteiger partial charge is 0.371 e. The molecule has 2 aromatic rings. The molecule has 0 fully saturated rings. The van der Waals surface area contributed by atoms with E-state index in [0.29, 0.717) is 0 Å². The fourth-order valence-corrected chi connectivity index (χ4v) is 2.00. The second-order valence-electron chi connectivity index (χ2n) is 3.34. The zero-order valence-corrected chi connectivity index (χ0v) is 8.90. The van der Waals surface area contributed by atoms with Gasteiger partial charge in [0.25, 0.3) is 0 Å². The van der Waals surface area contributed by atoms with Crippen molar-refractivity contribution in [3.63, 3.8) is 0 Å². The van der Waals surface area contributed by atoms with Crippen molar-refractivity contribution in [2.45, 2.75) is 6.92 Å². The Morgan fingerprint density at radius 2 is 2.29 bits per heavy atom. The van der Waals surface area contributed by atoms with Crippen molar-refractivity contribution >= 4 is 27.4 Å². The van der Waals surface area contributed by atoms with E-state index in [1.807, 2.05) is 25.1 Å². The van der Waals surface area contributed by atoms with Crippen LogP contribution in [0.2, 0.25) is 0 Å². The Bertz CT molecular complexity index is 459. The predicted molar refractivity (Wildman–Crippen MR) is 62.9 cm³/mol. The lowest BCUT2D eigenvalue weighted by molar-refractivity contribution is 1.23. The van der Waals surface area contributed by atoms with Gasteiger partial charge in [0.1, 0.15) is 5.00 Å². The third-order valence-electron chi connectivity index (χ3n) is 1.93. The molecule has 72 valence electrons. The van der Waals surface area contributed by atoms with Gasteiger partial charge >= 0.3 is 0 Å². The monoisotopic (exact) mass is 204 g/mol. The molecule has 1 N–H and O–H groups in total. The highest BCUT2D eigenvalue weighted by Crippen LogP contribution is 2.27. The highest BCUT2D eigenvalue weighted by atomic mass is 32.1. The quantitative estimate of drug-likeness (QED) is 0.776. The van der Waals surface area contributed by atoms with Gasteiger partial charge < -0.3 is 5.32 Å². The molecule has 1 aromatic heterocycles. The van der Waals surface area contributed by atoms with Crippen LogP contribution in [0.3, 0.4) is 0 Å². The molecule has 2 nitrogen and oxygen atoms in total. The van der Waals surface area contributed by atoms with Crippen molar-refractivity contribution < 1.29 is 0 Å². The maximum Gasteiger partial charge on any atom is 0.117 e. The SMILES string of the molecule is C=C(C)CNc1snc2ccccc12. The zero-order chi connectivity index (χ0) is 9.97. The number of anilines is 1. The Morgan fingerprint density at radius 3 is 3.07 bits per heavy atom. The Hall–Kier alpha value is -1.35. The van der Waals surface area contributed by atoms with Gasteiger partial charge in [-0.25, -0.2) is 0 Å². The van der Waals surface area contributed by atoms with Crippen LogP contribution >= 0.6 is 11.5 Å². The summed E-state index contributed by atoms with van der Waals surface area (Å²) in [5.41, 5.74) is 2.18. The number of benzene rings is 1. The van der Waals surface area contributed by atoms with Crippen LogP contribution in [-0.4, -0.2) is 10.9 Å². The Kier molecular flexibility index (Phi) is 2.50. The lowest BCUT2D eigenvalue weighted by Gasteiger charge is -2.01. The number of hydrogen-bond donors (Lipinski definition) is 1. The molecule has 0 aliphatic heterocycles. The summed E-state index contributed by atoms with van der Waals surface area (Å²) in [5, 5.41) is 5.65. The summed E-state index contributed by atoms with van der Waals surface area (Å²) < 4.78 is 4.35. The molecule has 14 heavy (non-hydrogen) atoms. The molecular formula is C11H12N2S. The maximum atomic E-state index is 4.35. The van der Waals surface area contributed by atoms with E-state index < -0.39 is 0 Å². The molecule has 0 saturated carbocycles. The number of hydrogen-bond acceptors (Lipinski definition) is 3. The fourth-order valence-electron chi connectivity index (χ4n) is 1.25. The molecule has 1 heterocycles. The minimum Gasteiger partial charge on any atom is -0.371 e. The molecule has 2 rings (SSSR count). The third kappa shape index (κ3) is 1.77. The van der Waals surface area contributed by atoms with Crippen molar-refractivity contribution in [3.05, 3.63) is 36.4 Å². The summed E-state index contributed by atoms with van der Waals surface area (Å²) in [4.78, 5) is 0. The molecule has 0 amide bonds.